The van der Waals surface area contributed by atoms with Gasteiger partial charge in [0.25, 0.3) is 0 Å². The number of nitrogens with one attached hydrogen (secondary N) is 1. The summed E-state index contributed by atoms with van der Waals surface area (Å²) in [5.41, 5.74) is 0. The number of rotatable bonds is 4. The van der Waals surface area contributed by atoms with Gasteiger partial charge in [-0.2, -0.15) is 0 Å². The lowest BCUT2D eigenvalue weighted by atomic mass is 10.2. The molecule has 0 aromatic rings. The number of allylic oxidation sites excluding steroid dienone is 1. The Balaban J connectivity index is 3.67. The molecule has 0 saturated heterocycles. The smallest absolute Gasteiger partial charge is 0.322 e. The average Bonchev–Trinajstić information content (AvgIpc) is 1.96. The van der Waals surface area contributed by atoms with E-state index < -0.39 is 5.97 Å². The number of carboxylic acid groups (broad SMARTS) is 1. The molecule has 2 N–H and O–H groups in total. The van der Waals surface area contributed by atoms with Crippen LogP contribution in [0, 0.1) is 5.92 Å². The molecule has 1 amide bonds. The summed E-state index contributed by atoms with van der Waals surface area (Å²) < 4.78 is 0. The minimum Gasteiger partial charge on any atom is -0.480 e. The molecule has 4 nitrogen and oxygen atoms in total. The first-order valence-corrected chi connectivity index (χ1v) is 3.70. The maximum absolute atomic E-state index is 10.8. The SMILES string of the molecule is CC(C)/C=C/C(=O)NCC(=O)O. The van der Waals surface area contributed by atoms with Gasteiger partial charge in [0.15, 0.2) is 0 Å². The molecule has 0 aromatic heterocycles. The Kier molecular flexibility index (Phi) is 4.76. The molecule has 12 heavy (non-hydrogen) atoms. The van der Waals surface area contributed by atoms with E-state index in [0.717, 1.165) is 0 Å². The second kappa shape index (κ2) is 5.35. The molecule has 0 spiro atoms. The number of hydrogen-bond acceptors (Lipinski definition) is 2. The molecular formula is C8H13NO3. The third-order valence-electron chi connectivity index (χ3n) is 1.05. The molecule has 0 bridgehead atoms. The summed E-state index contributed by atoms with van der Waals surface area (Å²) in [4.78, 5) is 20.8. The van der Waals surface area contributed by atoms with Crippen molar-refractivity contribution in [2.75, 3.05) is 6.54 Å². The van der Waals surface area contributed by atoms with Crippen molar-refractivity contribution in [1.29, 1.82) is 0 Å². The van der Waals surface area contributed by atoms with E-state index in [4.69, 9.17) is 5.11 Å². The summed E-state index contributed by atoms with van der Waals surface area (Å²) in [6, 6.07) is 0. The number of hydrogen-bond donors (Lipinski definition) is 2. The fraction of sp³-hybridized carbons (Fsp3) is 0.500. The van der Waals surface area contributed by atoms with Crippen molar-refractivity contribution in [2.45, 2.75) is 13.8 Å². The van der Waals surface area contributed by atoms with Crippen LogP contribution in [0.1, 0.15) is 13.8 Å². The van der Waals surface area contributed by atoms with Gasteiger partial charge in [0.2, 0.25) is 5.91 Å². The van der Waals surface area contributed by atoms with E-state index in [9.17, 15) is 9.59 Å². The van der Waals surface area contributed by atoms with Crippen LogP contribution in [0.15, 0.2) is 12.2 Å². The predicted molar refractivity (Wildman–Crippen MR) is 44.6 cm³/mol. The summed E-state index contributed by atoms with van der Waals surface area (Å²) in [6.45, 7) is 3.53. The van der Waals surface area contributed by atoms with Gasteiger partial charge in [0, 0.05) is 0 Å². The summed E-state index contributed by atoms with van der Waals surface area (Å²) in [6.07, 6.45) is 3.05. The molecule has 0 aliphatic rings. The molecule has 0 atom stereocenters. The summed E-state index contributed by atoms with van der Waals surface area (Å²) in [5.74, 6) is -1.12. The van der Waals surface area contributed by atoms with Crippen LogP contribution < -0.4 is 5.32 Å². The van der Waals surface area contributed by atoms with Gasteiger partial charge in [0.1, 0.15) is 6.54 Å². The molecule has 0 heterocycles. The van der Waals surface area contributed by atoms with Crippen LogP contribution in [0.4, 0.5) is 0 Å². The maximum Gasteiger partial charge on any atom is 0.322 e. The number of carboxylic acids is 1. The highest BCUT2D eigenvalue weighted by atomic mass is 16.4. The van der Waals surface area contributed by atoms with Gasteiger partial charge in [-0.25, -0.2) is 0 Å². The number of carbonyl (C=O) groups is 2. The molecule has 4 heteroatoms. The van der Waals surface area contributed by atoms with Crippen LogP contribution in [0.5, 0.6) is 0 Å². The Morgan fingerprint density at radius 3 is 2.50 bits per heavy atom. The Bertz CT molecular complexity index is 196. The maximum atomic E-state index is 10.8. The van der Waals surface area contributed by atoms with E-state index in [0.29, 0.717) is 5.92 Å². The third kappa shape index (κ3) is 6.80. The quantitative estimate of drug-likeness (QED) is 0.602. The zero-order valence-corrected chi connectivity index (χ0v) is 7.20. The normalized spacial score (nSPS) is 10.6. The lowest BCUT2D eigenvalue weighted by Crippen LogP contribution is -2.27. The summed E-state index contributed by atoms with van der Waals surface area (Å²) in [7, 11) is 0. The van der Waals surface area contributed by atoms with Crippen molar-refractivity contribution >= 4 is 11.9 Å². The number of carbonyl (C=O) groups excluding carboxylic acids is 1. The van der Waals surface area contributed by atoms with Gasteiger partial charge in [0.05, 0.1) is 0 Å². The lowest BCUT2D eigenvalue weighted by Gasteiger charge is -1.96. The molecule has 0 aliphatic carbocycles. The van der Waals surface area contributed by atoms with Gasteiger partial charge >= 0.3 is 5.97 Å². The highest BCUT2D eigenvalue weighted by Crippen LogP contribution is 1.92. The molecule has 0 aromatic carbocycles. The predicted octanol–water partition coefficient (Wildman–Crippen LogP) is 0.399. The van der Waals surface area contributed by atoms with Crippen molar-refractivity contribution < 1.29 is 14.7 Å². The number of amides is 1. The van der Waals surface area contributed by atoms with Gasteiger partial charge in [-0.1, -0.05) is 19.9 Å². The molecule has 0 rings (SSSR count). The summed E-state index contributed by atoms with van der Waals surface area (Å²) in [5, 5.41) is 10.4. The fourth-order valence-corrected chi connectivity index (χ4v) is 0.502. The first-order valence-electron chi connectivity index (χ1n) is 3.70. The van der Waals surface area contributed by atoms with Crippen LogP contribution in [-0.2, 0) is 9.59 Å². The summed E-state index contributed by atoms with van der Waals surface area (Å²) >= 11 is 0. The number of aliphatic carboxylic acids is 1. The van der Waals surface area contributed by atoms with Gasteiger partial charge < -0.3 is 10.4 Å². The molecular weight excluding hydrogens is 158 g/mol. The van der Waals surface area contributed by atoms with E-state index >= 15 is 0 Å². The highest BCUT2D eigenvalue weighted by Gasteiger charge is 1.98. The van der Waals surface area contributed by atoms with E-state index in [1.54, 1.807) is 6.08 Å². The third-order valence-corrected chi connectivity index (χ3v) is 1.05. The van der Waals surface area contributed by atoms with Crippen LogP contribution in [0.25, 0.3) is 0 Å². The topological polar surface area (TPSA) is 66.4 Å². The first-order chi connectivity index (χ1) is 5.52. The van der Waals surface area contributed by atoms with Crippen LogP contribution >= 0.6 is 0 Å². The fourth-order valence-electron chi connectivity index (χ4n) is 0.502. The molecule has 0 unspecified atom stereocenters. The van der Waals surface area contributed by atoms with Crippen molar-refractivity contribution in [3.8, 4) is 0 Å². The van der Waals surface area contributed by atoms with E-state index in [-0.39, 0.29) is 12.5 Å². The first kappa shape index (κ1) is 10.7. The molecule has 68 valence electrons. The van der Waals surface area contributed by atoms with Crippen molar-refractivity contribution in [3.05, 3.63) is 12.2 Å². The minimum absolute atomic E-state index is 0.292. The van der Waals surface area contributed by atoms with Gasteiger partial charge in [-0.3, -0.25) is 9.59 Å². The Labute approximate surface area is 71.3 Å². The van der Waals surface area contributed by atoms with Crippen molar-refractivity contribution in [1.82, 2.24) is 5.32 Å². The Morgan fingerprint density at radius 2 is 2.08 bits per heavy atom. The highest BCUT2D eigenvalue weighted by molar-refractivity contribution is 5.89. The molecule has 0 saturated carbocycles. The van der Waals surface area contributed by atoms with Crippen LogP contribution in [0.2, 0.25) is 0 Å². The zero-order chi connectivity index (χ0) is 9.56. The Morgan fingerprint density at radius 1 is 1.50 bits per heavy atom. The molecule has 0 fully saturated rings. The largest absolute Gasteiger partial charge is 0.480 e. The van der Waals surface area contributed by atoms with E-state index in [2.05, 4.69) is 5.32 Å². The second-order valence-electron chi connectivity index (χ2n) is 2.71. The Hall–Kier alpha value is -1.32. The van der Waals surface area contributed by atoms with Gasteiger partial charge in [-0.15, -0.1) is 0 Å². The van der Waals surface area contributed by atoms with Crippen LogP contribution in [0.3, 0.4) is 0 Å². The lowest BCUT2D eigenvalue weighted by molar-refractivity contribution is -0.137. The zero-order valence-electron chi connectivity index (χ0n) is 7.20. The van der Waals surface area contributed by atoms with Crippen LogP contribution in [-0.4, -0.2) is 23.5 Å². The molecule has 0 aliphatic heterocycles. The van der Waals surface area contributed by atoms with Gasteiger partial charge in [-0.05, 0) is 12.0 Å². The van der Waals surface area contributed by atoms with E-state index in [1.165, 1.54) is 6.08 Å². The van der Waals surface area contributed by atoms with E-state index in [1.807, 2.05) is 13.8 Å². The minimum atomic E-state index is -1.04. The second-order valence-corrected chi connectivity index (χ2v) is 2.71. The van der Waals surface area contributed by atoms with Crippen molar-refractivity contribution in [3.63, 3.8) is 0 Å². The molecule has 0 radical (unpaired) electrons. The average molecular weight is 171 g/mol. The standard InChI is InChI=1S/C8H13NO3/c1-6(2)3-4-7(10)9-5-8(11)12/h3-4,6H,5H2,1-2H3,(H,9,10)(H,11,12)/b4-3+. The monoisotopic (exact) mass is 171 g/mol. The van der Waals surface area contributed by atoms with Crippen molar-refractivity contribution in [2.24, 2.45) is 5.92 Å².